The minimum atomic E-state index is -0.708. The van der Waals surface area contributed by atoms with Gasteiger partial charge in [-0.15, -0.1) is 0 Å². The zero-order chi connectivity index (χ0) is 10.6. The van der Waals surface area contributed by atoms with E-state index < -0.39 is 11.5 Å². The fourth-order valence-corrected chi connectivity index (χ4v) is 2.24. The monoisotopic (exact) mass is 217 g/mol. The van der Waals surface area contributed by atoms with Gasteiger partial charge in [0.25, 0.3) is 0 Å². The van der Waals surface area contributed by atoms with E-state index in [1.165, 1.54) is 5.54 Å². The second-order valence-corrected chi connectivity index (χ2v) is 3.85. The summed E-state index contributed by atoms with van der Waals surface area (Å²) >= 11 is 5.44. The lowest BCUT2D eigenvalue weighted by atomic mass is 9.93. The van der Waals surface area contributed by atoms with E-state index in [4.69, 9.17) is 11.6 Å². The molecule has 0 aromatic carbocycles. The average Bonchev–Trinajstić information content (AvgIpc) is 2.58. The summed E-state index contributed by atoms with van der Waals surface area (Å²) in [6.45, 7) is 3.40. The molecule has 1 unspecified atom stereocenters. The van der Waals surface area contributed by atoms with Crippen LogP contribution in [-0.2, 0) is 4.79 Å². The summed E-state index contributed by atoms with van der Waals surface area (Å²) in [6, 6.07) is 0. The smallest absolute Gasteiger partial charge is 0.324 e. The number of halogens is 1. The largest absolute Gasteiger partial charge is 0.480 e. The first kappa shape index (κ1) is 11.5. The third-order valence-electron chi connectivity index (χ3n) is 3.02. The van der Waals surface area contributed by atoms with Crippen molar-refractivity contribution in [3.63, 3.8) is 0 Å². The summed E-state index contributed by atoms with van der Waals surface area (Å²) < 4.78 is 0. The van der Waals surface area contributed by atoms with Crippen LogP contribution < -0.4 is 0 Å². The zero-order valence-corrected chi connectivity index (χ0v) is 9.13. The van der Waals surface area contributed by atoms with E-state index in [9.17, 15) is 9.90 Å². The molecular formula is C10H16ClNO2. The van der Waals surface area contributed by atoms with Crippen molar-refractivity contribution in [2.45, 2.75) is 31.7 Å². The first-order valence-electron chi connectivity index (χ1n) is 4.91. The van der Waals surface area contributed by atoms with Crippen LogP contribution in [0.2, 0.25) is 0 Å². The van der Waals surface area contributed by atoms with E-state index in [1.54, 1.807) is 6.08 Å². The van der Waals surface area contributed by atoms with Crippen molar-refractivity contribution >= 4 is 17.6 Å². The molecule has 0 amide bonds. The number of hydrogen-bond donors (Lipinski definition) is 1. The number of carboxylic acids is 1. The molecule has 1 rings (SSSR count). The number of likely N-dealkylation sites (tertiary alicyclic amines) is 1. The van der Waals surface area contributed by atoms with E-state index in [2.05, 4.69) is 0 Å². The molecule has 80 valence electrons. The third kappa shape index (κ3) is 1.93. The molecule has 1 atom stereocenters. The average molecular weight is 218 g/mol. The predicted octanol–water partition coefficient (Wildman–Crippen LogP) is 2.07. The number of nitrogens with zero attached hydrogens (tertiary/aromatic N) is 1. The molecule has 0 saturated carbocycles. The highest BCUT2D eigenvalue weighted by Gasteiger charge is 2.45. The van der Waals surface area contributed by atoms with Crippen LogP contribution in [-0.4, -0.2) is 34.6 Å². The summed E-state index contributed by atoms with van der Waals surface area (Å²) in [5.74, 6) is -0.708. The molecule has 0 aromatic rings. The molecular weight excluding hydrogens is 202 g/mol. The van der Waals surface area contributed by atoms with Crippen molar-refractivity contribution in [1.82, 2.24) is 4.90 Å². The highest BCUT2D eigenvalue weighted by molar-refractivity contribution is 6.25. The van der Waals surface area contributed by atoms with Gasteiger partial charge in [0.15, 0.2) is 0 Å². The normalized spacial score (nSPS) is 28.7. The van der Waals surface area contributed by atoms with Crippen LogP contribution >= 0.6 is 11.6 Å². The van der Waals surface area contributed by atoms with Crippen molar-refractivity contribution in [3.05, 3.63) is 11.6 Å². The van der Waals surface area contributed by atoms with Gasteiger partial charge in [0, 0.05) is 12.1 Å². The maximum Gasteiger partial charge on any atom is 0.324 e. The molecule has 1 fully saturated rings. The molecule has 0 radical (unpaired) electrons. The van der Waals surface area contributed by atoms with Gasteiger partial charge in [-0.3, -0.25) is 9.69 Å². The third-order valence-corrected chi connectivity index (χ3v) is 3.20. The Morgan fingerprint density at radius 1 is 1.71 bits per heavy atom. The van der Waals surface area contributed by atoms with Crippen molar-refractivity contribution in [2.75, 3.05) is 13.1 Å². The summed E-state index contributed by atoms with van der Waals surface area (Å²) in [6.07, 6.45) is 4.14. The maximum atomic E-state index is 11.2. The Bertz CT molecular complexity index is 242. The number of aliphatic carboxylic acids is 1. The van der Waals surface area contributed by atoms with Gasteiger partial charge < -0.3 is 5.11 Å². The SMILES string of the molecule is CCC1(C(=O)O)CCCN1C/C=C/Cl. The van der Waals surface area contributed by atoms with Crippen LogP contribution in [0.4, 0.5) is 0 Å². The Hall–Kier alpha value is -0.540. The van der Waals surface area contributed by atoms with Crippen LogP contribution in [0.15, 0.2) is 11.6 Å². The first-order chi connectivity index (χ1) is 6.67. The molecule has 0 bridgehead atoms. The van der Waals surface area contributed by atoms with Crippen molar-refractivity contribution in [3.8, 4) is 0 Å². The number of carboxylic acid groups (broad SMARTS) is 1. The van der Waals surface area contributed by atoms with Gasteiger partial charge in [0.2, 0.25) is 0 Å². The lowest BCUT2D eigenvalue weighted by molar-refractivity contribution is -0.149. The number of carbonyl (C=O) groups is 1. The Morgan fingerprint density at radius 3 is 2.93 bits per heavy atom. The lowest BCUT2D eigenvalue weighted by Gasteiger charge is -2.32. The summed E-state index contributed by atoms with van der Waals surface area (Å²) in [7, 11) is 0. The fraction of sp³-hybridized carbons (Fsp3) is 0.700. The van der Waals surface area contributed by atoms with Crippen LogP contribution in [0.25, 0.3) is 0 Å². The number of rotatable bonds is 4. The van der Waals surface area contributed by atoms with Crippen LogP contribution in [0.1, 0.15) is 26.2 Å². The molecule has 4 heteroatoms. The molecule has 0 aliphatic carbocycles. The van der Waals surface area contributed by atoms with Crippen molar-refractivity contribution in [2.24, 2.45) is 0 Å². The summed E-state index contributed by atoms with van der Waals surface area (Å²) in [5.41, 5.74) is 0.789. The first-order valence-corrected chi connectivity index (χ1v) is 5.34. The fourth-order valence-electron chi connectivity index (χ4n) is 2.16. The second-order valence-electron chi connectivity index (χ2n) is 3.60. The molecule has 1 saturated heterocycles. The molecule has 1 N–H and O–H groups in total. The molecule has 1 aliphatic rings. The van der Waals surface area contributed by atoms with E-state index >= 15 is 0 Å². The minimum Gasteiger partial charge on any atom is -0.480 e. The van der Waals surface area contributed by atoms with Gasteiger partial charge in [-0.1, -0.05) is 24.6 Å². The van der Waals surface area contributed by atoms with E-state index in [1.807, 2.05) is 11.8 Å². The van der Waals surface area contributed by atoms with Gasteiger partial charge in [-0.25, -0.2) is 0 Å². The second kappa shape index (κ2) is 4.80. The molecule has 0 spiro atoms. The highest BCUT2D eigenvalue weighted by atomic mass is 35.5. The topological polar surface area (TPSA) is 40.5 Å². The zero-order valence-electron chi connectivity index (χ0n) is 8.37. The van der Waals surface area contributed by atoms with Gasteiger partial charge >= 0.3 is 5.97 Å². The van der Waals surface area contributed by atoms with Crippen molar-refractivity contribution < 1.29 is 9.90 Å². The quantitative estimate of drug-likeness (QED) is 0.784. The molecule has 0 aromatic heterocycles. The van der Waals surface area contributed by atoms with Gasteiger partial charge in [-0.05, 0) is 25.8 Å². The van der Waals surface area contributed by atoms with Gasteiger partial charge in [-0.2, -0.15) is 0 Å². The summed E-state index contributed by atoms with van der Waals surface area (Å²) in [5, 5.41) is 9.23. The molecule has 1 aliphatic heterocycles. The Balaban J connectivity index is 2.77. The number of hydrogen-bond acceptors (Lipinski definition) is 2. The van der Waals surface area contributed by atoms with E-state index in [0.29, 0.717) is 13.0 Å². The Morgan fingerprint density at radius 2 is 2.43 bits per heavy atom. The Kier molecular flexibility index (Phi) is 3.96. The lowest BCUT2D eigenvalue weighted by Crippen LogP contribution is -2.50. The van der Waals surface area contributed by atoms with Crippen LogP contribution in [0, 0.1) is 0 Å². The van der Waals surface area contributed by atoms with Crippen LogP contribution in [0.3, 0.4) is 0 Å². The standard InChI is InChI=1S/C10H16ClNO2/c1-2-10(9(13)14)5-3-7-12(10)8-4-6-11/h4,6H,2-3,5,7-8H2,1H3,(H,13,14)/b6-4+. The minimum absolute atomic E-state index is 0.629. The van der Waals surface area contributed by atoms with E-state index in [-0.39, 0.29) is 0 Å². The van der Waals surface area contributed by atoms with Gasteiger partial charge in [0.05, 0.1) is 0 Å². The molecule has 1 heterocycles. The molecule has 3 nitrogen and oxygen atoms in total. The highest BCUT2D eigenvalue weighted by Crippen LogP contribution is 2.32. The van der Waals surface area contributed by atoms with E-state index in [0.717, 1.165) is 19.4 Å². The molecule has 14 heavy (non-hydrogen) atoms. The Labute approximate surface area is 89.3 Å². The summed E-state index contributed by atoms with van der Waals surface area (Å²) in [4.78, 5) is 13.2. The maximum absolute atomic E-state index is 11.2. The van der Waals surface area contributed by atoms with Crippen LogP contribution in [0.5, 0.6) is 0 Å². The predicted molar refractivity (Wildman–Crippen MR) is 56.5 cm³/mol. The van der Waals surface area contributed by atoms with Gasteiger partial charge in [0.1, 0.15) is 5.54 Å². The van der Waals surface area contributed by atoms with Crippen molar-refractivity contribution in [1.29, 1.82) is 0 Å².